The Balaban J connectivity index is 1.41. The third-order valence-electron chi connectivity index (χ3n) is 5.71. The third kappa shape index (κ3) is 5.78. The Morgan fingerprint density at radius 3 is 2.48 bits per heavy atom. The van der Waals surface area contributed by atoms with E-state index in [0.717, 1.165) is 48.4 Å². The number of benzene rings is 2. The van der Waals surface area contributed by atoms with Crippen LogP contribution in [0.25, 0.3) is 0 Å². The molecule has 1 N–H and O–H groups in total. The third-order valence-corrected chi connectivity index (χ3v) is 5.71. The van der Waals surface area contributed by atoms with E-state index in [0.29, 0.717) is 25.3 Å². The van der Waals surface area contributed by atoms with Crippen LogP contribution in [0.2, 0.25) is 0 Å². The normalized spacial score (nSPS) is 17.9. The van der Waals surface area contributed by atoms with Crippen LogP contribution in [0.1, 0.15) is 67.6 Å². The summed E-state index contributed by atoms with van der Waals surface area (Å²) >= 11 is 0. The van der Waals surface area contributed by atoms with Crippen molar-refractivity contribution in [3.05, 3.63) is 59.2 Å². The number of alkyl carbamates (subject to hydrolysis) is 1. The number of hydrogen-bond donors (Lipinski definition) is 1. The fourth-order valence-electron chi connectivity index (χ4n) is 4.16. The Morgan fingerprint density at radius 1 is 1.03 bits per heavy atom. The standard InChI is InChI=1S/C26H32N2O5/c1-26(2,3)33-25(30)27-17-18-7-9-19(10-8-18)24(29)28-13-4-6-21(28)20-11-12-22-23(16-20)32-15-5-14-31-22/h7-12,16,21H,4-6,13-15,17H2,1-3H3,(H,27,30)/t21-/m1/s1. The SMILES string of the molecule is CC(C)(C)OC(=O)NCc1ccc(C(=O)N2CCC[C@@H]2c2ccc3c(c2)OCCCO3)cc1. The van der Waals surface area contributed by atoms with Crippen LogP contribution in [-0.4, -0.2) is 42.3 Å². The van der Waals surface area contributed by atoms with E-state index in [9.17, 15) is 9.59 Å². The molecule has 0 aromatic heterocycles. The average Bonchev–Trinajstić information content (AvgIpc) is 3.15. The Labute approximate surface area is 195 Å². The molecule has 2 aromatic carbocycles. The molecule has 176 valence electrons. The van der Waals surface area contributed by atoms with Crippen molar-refractivity contribution >= 4 is 12.0 Å². The monoisotopic (exact) mass is 452 g/mol. The van der Waals surface area contributed by atoms with E-state index in [-0.39, 0.29) is 11.9 Å². The van der Waals surface area contributed by atoms with E-state index < -0.39 is 11.7 Å². The summed E-state index contributed by atoms with van der Waals surface area (Å²) in [5, 5.41) is 2.74. The summed E-state index contributed by atoms with van der Waals surface area (Å²) in [6.07, 6.45) is 2.28. The highest BCUT2D eigenvalue weighted by molar-refractivity contribution is 5.94. The Kier molecular flexibility index (Phi) is 6.77. The molecule has 0 radical (unpaired) electrons. The summed E-state index contributed by atoms with van der Waals surface area (Å²) in [5.74, 6) is 1.53. The molecule has 0 bridgehead atoms. The Bertz CT molecular complexity index is 997. The van der Waals surface area contributed by atoms with Gasteiger partial charge in [-0.2, -0.15) is 0 Å². The van der Waals surface area contributed by atoms with E-state index in [1.54, 1.807) is 0 Å². The van der Waals surface area contributed by atoms with Gasteiger partial charge in [-0.15, -0.1) is 0 Å². The van der Waals surface area contributed by atoms with Gasteiger partial charge in [-0.25, -0.2) is 4.79 Å². The lowest BCUT2D eigenvalue weighted by molar-refractivity contribution is 0.0523. The maximum atomic E-state index is 13.3. The van der Waals surface area contributed by atoms with Gasteiger partial charge in [0.2, 0.25) is 0 Å². The molecule has 7 heteroatoms. The molecule has 1 atom stereocenters. The predicted octanol–water partition coefficient (Wildman–Crippen LogP) is 4.85. The van der Waals surface area contributed by atoms with Crippen molar-refractivity contribution in [2.45, 2.75) is 58.2 Å². The number of amides is 2. The number of carbonyl (C=O) groups excluding carboxylic acids is 2. The van der Waals surface area contributed by atoms with Gasteiger partial charge in [0.15, 0.2) is 11.5 Å². The van der Waals surface area contributed by atoms with Crippen LogP contribution in [0, 0.1) is 0 Å². The highest BCUT2D eigenvalue weighted by Gasteiger charge is 2.31. The van der Waals surface area contributed by atoms with E-state index >= 15 is 0 Å². The fraction of sp³-hybridized carbons (Fsp3) is 0.462. The minimum absolute atomic E-state index is 0.0104. The zero-order valence-electron chi connectivity index (χ0n) is 19.6. The molecule has 1 fully saturated rings. The van der Waals surface area contributed by atoms with Gasteiger partial charge in [-0.3, -0.25) is 4.79 Å². The first kappa shape index (κ1) is 23.0. The van der Waals surface area contributed by atoms with Gasteiger partial charge in [0, 0.05) is 25.1 Å². The molecule has 0 saturated carbocycles. The second kappa shape index (κ2) is 9.73. The van der Waals surface area contributed by atoms with Crippen molar-refractivity contribution in [3.8, 4) is 11.5 Å². The fourth-order valence-corrected chi connectivity index (χ4v) is 4.16. The molecule has 7 nitrogen and oxygen atoms in total. The average molecular weight is 453 g/mol. The summed E-state index contributed by atoms with van der Waals surface area (Å²) in [7, 11) is 0. The molecule has 2 aromatic rings. The maximum Gasteiger partial charge on any atom is 0.407 e. The molecular weight excluding hydrogens is 420 g/mol. The molecule has 4 rings (SSSR count). The summed E-state index contributed by atoms with van der Waals surface area (Å²) in [4.78, 5) is 27.1. The molecule has 2 heterocycles. The van der Waals surface area contributed by atoms with Crippen molar-refractivity contribution in [1.82, 2.24) is 10.2 Å². The lowest BCUT2D eigenvalue weighted by atomic mass is 10.0. The maximum absolute atomic E-state index is 13.3. The van der Waals surface area contributed by atoms with Crippen LogP contribution in [0.5, 0.6) is 11.5 Å². The first-order valence-corrected chi connectivity index (χ1v) is 11.6. The van der Waals surface area contributed by atoms with Gasteiger partial charge < -0.3 is 24.4 Å². The summed E-state index contributed by atoms with van der Waals surface area (Å²) in [6.45, 7) is 7.83. The number of fused-ring (bicyclic) bond motifs is 1. The number of nitrogens with zero attached hydrogens (tertiary/aromatic N) is 1. The van der Waals surface area contributed by atoms with Crippen molar-refractivity contribution in [3.63, 3.8) is 0 Å². The van der Waals surface area contributed by atoms with E-state index in [2.05, 4.69) is 5.32 Å². The van der Waals surface area contributed by atoms with E-state index in [1.165, 1.54) is 0 Å². The summed E-state index contributed by atoms with van der Waals surface area (Å²) < 4.78 is 16.8. The predicted molar refractivity (Wildman–Crippen MR) is 125 cm³/mol. The van der Waals surface area contributed by atoms with Crippen LogP contribution >= 0.6 is 0 Å². The summed E-state index contributed by atoms with van der Waals surface area (Å²) in [5.41, 5.74) is 2.07. The number of ether oxygens (including phenoxy) is 3. The van der Waals surface area contributed by atoms with Gasteiger partial charge in [0.25, 0.3) is 5.91 Å². The van der Waals surface area contributed by atoms with Crippen molar-refractivity contribution in [2.24, 2.45) is 0 Å². The van der Waals surface area contributed by atoms with E-state index in [4.69, 9.17) is 14.2 Å². The number of rotatable bonds is 4. The molecular formula is C26H32N2O5. The van der Waals surface area contributed by atoms with Gasteiger partial charge in [-0.1, -0.05) is 18.2 Å². The van der Waals surface area contributed by atoms with E-state index in [1.807, 2.05) is 68.1 Å². The molecule has 2 aliphatic heterocycles. The minimum atomic E-state index is -0.539. The van der Waals surface area contributed by atoms with Gasteiger partial charge in [-0.05, 0) is 69.0 Å². The Hall–Kier alpha value is -3.22. The molecule has 0 unspecified atom stereocenters. The van der Waals surface area contributed by atoms with Gasteiger partial charge >= 0.3 is 6.09 Å². The highest BCUT2D eigenvalue weighted by Crippen LogP contribution is 2.38. The zero-order chi connectivity index (χ0) is 23.4. The molecule has 0 spiro atoms. The van der Waals surface area contributed by atoms with Gasteiger partial charge in [0.1, 0.15) is 5.60 Å². The number of nitrogens with one attached hydrogen (secondary N) is 1. The van der Waals surface area contributed by atoms with Crippen LogP contribution in [0.4, 0.5) is 4.79 Å². The first-order chi connectivity index (χ1) is 15.8. The minimum Gasteiger partial charge on any atom is -0.490 e. The van der Waals surface area contributed by atoms with Crippen LogP contribution in [0.3, 0.4) is 0 Å². The second-order valence-electron chi connectivity index (χ2n) is 9.47. The molecule has 33 heavy (non-hydrogen) atoms. The molecule has 0 aliphatic carbocycles. The lowest BCUT2D eigenvalue weighted by Gasteiger charge is -2.26. The van der Waals surface area contributed by atoms with Crippen LogP contribution in [-0.2, 0) is 11.3 Å². The van der Waals surface area contributed by atoms with Crippen molar-refractivity contribution < 1.29 is 23.8 Å². The van der Waals surface area contributed by atoms with Gasteiger partial charge in [0.05, 0.1) is 19.3 Å². The summed E-state index contributed by atoms with van der Waals surface area (Å²) in [6, 6.07) is 13.4. The van der Waals surface area contributed by atoms with Crippen LogP contribution in [0.15, 0.2) is 42.5 Å². The Morgan fingerprint density at radius 2 is 1.76 bits per heavy atom. The quantitative estimate of drug-likeness (QED) is 0.718. The second-order valence-corrected chi connectivity index (χ2v) is 9.47. The number of likely N-dealkylation sites (tertiary alicyclic amines) is 1. The highest BCUT2D eigenvalue weighted by atomic mass is 16.6. The lowest BCUT2D eigenvalue weighted by Crippen LogP contribution is -2.32. The smallest absolute Gasteiger partial charge is 0.407 e. The largest absolute Gasteiger partial charge is 0.490 e. The van der Waals surface area contributed by atoms with Crippen molar-refractivity contribution in [2.75, 3.05) is 19.8 Å². The molecule has 2 aliphatic rings. The topological polar surface area (TPSA) is 77.1 Å². The van der Waals surface area contributed by atoms with Crippen molar-refractivity contribution in [1.29, 1.82) is 0 Å². The zero-order valence-corrected chi connectivity index (χ0v) is 19.6. The van der Waals surface area contributed by atoms with Crippen LogP contribution < -0.4 is 14.8 Å². The molecule has 2 amide bonds. The number of carbonyl (C=O) groups is 2. The first-order valence-electron chi connectivity index (χ1n) is 11.6. The number of hydrogen-bond acceptors (Lipinski definition) is 5. The molecule has 1 saturated heterocycles.